The lowest BCUT2D eigenvalue weighted by Gasteiger charge is -2.22. The molecule has 0 spiro atoms. The van der Waals surface area contributed by atoms with Gasteiger partial charge in [-0.25, -0.2) is 0 Å². The quantitative estimate of drug-likeness (QED) is 0.803. The van der Waals surface area contributed by atoms with E-state index in [1.165, 1.54) is 16.0 Å². The van der Waals surface area contributed by atoms with Crippen LogP contribution in [0.25, 0.3) is 0 Å². The molecule has 1 rings (SSSR count). The van der Waals surface area contributed by atoms with Gasteiger partial charge in [-0.3, -0.25) is 0 Å². The lowest BCUT2D eigenvalue weighted by Crippen LogP contribution is -2.35. The fourth-order valence-corrected chi connectivity index (χ4v) is 2.84. The second-order valence-corrected chi connectivity index (χ2v) is 7.50. The minimum atomic E-state index is 0.162. The van der Waals surface area contributed by atoms with E-state index in [2.05, 4.69) is 70.2 Å². The molecule has 0 aromatic heterocycles. The molecule has 0 aliphatic carbocycles. The molecule has 1 N–H and O–H groups in total. The predicted octanol–water partition coefficient (Wildman–Crippen LogP) is 3.54. The third kappa shape index (κ3) is 7.00. The first-order valence-electron chi connectivity index (χ1n) is 6.90. The molecule has 0 atom stereocenters. The van der Waals surface area contributed by atoms with Gasteiger partial charge in [0.15, 0.2) is 0 Å². The number of hydrogen-bond donors (Lipinski definition) is 1. The Bertz CT molecular complexity index is 394. The molecule has 0 saturated carbocycles. The molecule has 19 heavy (non-hydrogen) atoms. The Morgan fingerprint density at radius 3 is 2.47 bits per heavy atom. The Kier molecular flexibility index (Phi) is 6.37. The average Bonchev–Trinajstić information content (AvgIpc) is 2.27. The topological polar surface area (TPSA) is 15.3 Å². The van der Waals surface area contributed by atoms with Crippen LogP contribution in [0.15, 0.2) is 23.1 Å². The van der Waals surface area contributed by atoms with Crippen LogP contribution >= 0.6 is 11.8 Å². The van der Waals surface area contributed by atoms with Gasteiger partial charge < -0.3 is 10.2 Å². The maximum absolute atomic E-state index is 3.58. The van der Waals surface area contributed by atoms with Crippen molar-refractivity contribution in [1.82, 2.24) is 10.2 Å². The van der Waals surface area contributed by atoms with Gasteiger partial charge in [-0.05, 0) is 53.4 Å². The van der Waals surface area contributed by atoms with E-state index in [0.717, 1.165) is 18.8 Å². The van der Waals surface area contributed by atoms with Gasteiger partial charge in [-0.2, -0.15) is 0 Å². The van der Waals surface area contributed by atoms with Crippen LogP contribution in [0.2, 0.25) is 0 Å². The van der Waals surface area contributed by atoms with Gasteiger partial charge in [-0.1, -0.05) is 17.7 Å². The smallest absolute Gasteiger partial charge is 0.0221 e. The van der Waals surface area contributed by atoms with Crippen LogP contribution in [-0.2, 0) is 6.54 Å². The molecule has 0 heterocycles. The van der Waals surface area contributed by atoms with E-state index in [4.69, 9.17) is 0 Å². The molecule has 0 amide bonds. The molecule has 0 saturated heterocycles. The summed E-state index contributed by atoms with van der Waals surface area (Å²) in [5.41, 5.74) is 2.91. The number of aryl methyl sites for hydroxylation is 1. The molecular formula is C16H28N2S. The van der Waals surface area contributed by atoms with E-state index in [1.54, 1.807) is 0 Å². The summed E-state index contributed by atoms with van der Waals surface area (Å²) < 4.78 is 0. The van der Waals surface area contributed by atoms with Crippen LogP contribution in [-0.4, -0.2) is 36.8 Å². The number of nitrogens with zero attached hydrogens (tertiary/aromatic N) is 1. The summed E-state index contributed by atoms with van der Waals surface area (Å²) >= 11 is 1.95. The molecule has 0 bridgehead atoms. The summed E-state index contributed by atoms with van der Waals surface area (Å²) in [5, 5.41) is 3.58. The van der Waals surface area contributed by atoms with Crippen LogP contribution in [0.1, 0.15) is 31.9 Å². The van der Waals surface area contributed by atoms with Gasteiger partial charge in [0.05, 0.1) is 0 Å². The van der Waals surface area contributed by atoms with Crippen molar-refractivity contribution < 1.29 is 0 Å². The third-order valence-corrected chi connectivity index (χ3v) is 3.92. The summed E-state index contributed by atoms with van der Waals surface area (Å²) in [7, 11) is 4.25. The van der Waals surface area contributed by atoms with Crippen molar-refractivity contribution in [3.63, 3.8) is 0 Å². The monoisotopic (exact) mass is 280 g/mol. The molecule has 0 aliphatic heterocycles. The van der Waals surface area contributed by atoms with Gasteiger partial charge in [0.1, 0.15) is 0 Å². The first kappa shape index (κ1) is 16.5. The standard InChI is InChI=1S/C16H28N2S/c1-13-7-8-15(19-10-9-18(5)6)14(11-13)12-17-16(2,3)4/h7-8,11,17H,9-10,12H2,1-6H3. The number of rotatable bonds is 6. The van der Waals surface area contributed by atoms with E-state index in [9.17, 15) is 0 Å². The minimum Gasteiger partial charge on any atom is -0.309 e. The Morgan fingerprint density at radius 2 is 1.89 bits per heavy atom. The van der Waals surface area contributed by atoms with Crippen LogP contribution < -0.4 is 5.32 Å². The summed E-state index contributed by atoms with van der Waals surface area (Å²) in [4.78, 5) is 3.64. The Balaban J connectivity index is 2.68. The zero-order valence-electron chi connectivity index (χ0n) is 13.2. The molecule has 108 valence electrons. The highest BCUT2D eigenvalue weighted by atomic mass is 32.2. The predicted molar refractivity (Wildman–Crippen MR) is 87.0 cm³/mol. The van der Waals surface area contributed by atoms with Gasteiger partial charge >= 0.3 is 0 Å². The van der Waals surface area contributed by atoms with Crippen LogP contribution in [0, 0.1) is 6.92 Å². The molecule has 0 unspecified atom stereocenters. The SMILES string of the molecule is Cc1ccc(SCCN(C)C)c(CNC(C)(C)C)c1. The Labute approximate surface area is 123 Å². The van der Waals surface area contributed by atoms with E-state index in [-0.39, 0.29) is 5.54 Å². The second-order valence-electron chi connectivity index (χ2n) is 6.37. The highest BCUT2D eigenvalue weighted by molar-refractivity contribution is 7.99. The van der Waals surface area contributed by atoms with Crippen molar-refractivity contribution in [3.8, 4) is 0 Å². The van der Waals surface area contributed by atoms with Gasteiger partial charge in [0.2, 0.25) is 0 Å². The molecule has 1 aromatic rings. The summed E-state index contributed by atoms with van der Waals surface area (Å²) in [5.74, 6) is 1.14. The van der Waals surface area contributed by atoms with Crippen LogP contribution in [0.4, 0.5) is 0 Å². The fourth-order valence-electron chi connectivity index (χ4n) is 1.69. The molecule has 3 heteroatoms. The Hall–Kier alpha value is -0.510. The minimum absolute atomic E-state index is 0.162. The molecule has 2 nitrogen and oxygen atoms in total. The van der Waals surface area contributed by atoms with Crippen molar-refractivity contribution >= 4 is 11.8 Å². The van der Waals surface area contributed by atoms with Crippen molar-refractivity contribution in [2.45, 2.75) is 44.7 Å². The first-order chi connectivity index (χ1) is 8.78. The largest absolute Gasteiger partial charge is 0.309 e. The highest BCUT2D eigenvalue weighted by Gasteiger charge is 2.11. The van der Waals surface area contributed by atoms with Crippen molar-refractivity contribution in [1.29, 1.82) is 0 Å². The van der Waals surface area contributed by atoms with Crippen molar-refractivity contribution in [3.05, 3.63) is 29.3 Å². The zero-order chi connectivity index (χ0) is 14.5. The Morgan fingerprint density at radius 1 is 1.21 bits per heavy atom. The second kappa shape index (κ2) is 7.32. The number of benzene rings is 1. The van der Waals surface area contributed by atoms with E-state index < -0.39 is 0 Å². The van der Waals surface area contributed by atoms with E-state index in [1.807, 2.05) is 11.8 Å². The first-order valence-corrected chi connectivity index (χ1v) is 7.88. The molecule has 0 radical (unpaired) electrons. The van der Waals surface area contributed by atoms with Crippen LogP contribution in [0.3, 0.4) is 0 Å². The van der Waals surface area contributed by atoms with Crippen LogP contribution in [0.5, 0.6) is 0 Å². The van der Waals surface area contributed by atoms with Gasteiger partial charge in [-0.15, -0.1) is 11.8 Å². The zero-order valence-corrected chi connectivity index (χ0v) is 14.0. The molecular weight excluding hydrogens is 252 g/mol. The third-order valence-electron chi connectivity index (χ3n) is 2.82. The van der Waals surface area contributed by atoms with Gasteiger partial charge in [0, 0.05) is 29.3 Å². The molecule has 0 aliphatic rings. The summed E-state index contributed by atoms with van der Waals surface area (Å²) in [6.07, 6.45) is 0. The lowest BCUT2D eigenvalue weighted by atomic mass is 10.1. The maximum atomic E-state index is 3.58. The normalized spacial score (nSPS) is 12.2. The lowest BCUT2D eigenvalue weighted by molar-refractivity contribution is 0.422. The molecule has 1 aromatic carbocycles. The summed E-state index contributed by atoms with van der Waals surface area (Å²) in [6, 6.07) is 6.77. The van der Waals surface area contributed by atoms with Gasteiger partial charge in [0.25, 0.3) is 0 Å². The maximum Gasteiger partial charge on any atom is 0.0221 e. The average molecular weight is 280 g/mol. The van der Waals surface area contributed by atoms with E-state index >= 15 is 0 Å². The van der Waals surface area contributed by atoms with Crippen molar-refractivity contribution in [2.24, 2.45) is 0 Å². The highest BCUT2D eigenvalue weighted by Crippen LogP contribution is 2.24. The van der Waals surface area contributed by atoms with E-state index in [0.29, 0.717) is 0 Å². The summed E-state index contributed by atoms with van der Waals surface area (Å²) in [6.45, 7) is 10.8. The number of nitrogens with one attached hydrogen (secondary N) is 1. The van der Waals surface area contributed by atoms with Crippen molar-refractivity contribution in [2.75, 3.05) is 26.4 Å². The molecule has 0 fully saturated rings. The number of hydrogen-bond acceptors (Lipinski definition) is 3. The number of thioether (sulfide) groups is 1. The fraction of sp³-hybridized carbons (Fsp3) is 0.625.